The van der Waals surface area contributed by atoms with Crippen molar-refractivity contribution in [3.8, 4) is 0 Å². The molecule has 10 heavy (non-hydrogen) atoms. The van der Waals surface area contributed by atoms with Crippen molar-refractivity contribution in [2.45, 2.75) is 19.2 Å². The van der Waals surface area contributed by atoms with Gasteiger partial charge in [-0.15, -0.1) is 11.8 Å². The van der Waals surface area contributed by atoms with Crippen LogP contribution in [0.2, 0.25) is 0 Å². The Labute approximate surface area is 65.3 Å². The molecule has 0 unspecified atom stereocenters. The first-order valence-electron chi connectivity index (χ1n) is 2.97. The minimum absolute atomic E-state index is 0. The van der Waals surface area contributed by atoms with Crippen LogP contribution < -0.4 is 0 Å². The van der Waals surface area contributed by atoms with E-state index in [-0.39, 0.29) is 13.3 Å². The van der Waals surface area contributed by atoms with Crippen molar-refractivity contribution in [2.24, 2.45) is 0 Å². The van der Waals surface area contributed by atoms with Crippen LogP contribution in [0.5, 0.6) is 0 Å². The van der Waals surface area contributed by atoms with Crippen LogP contribution in [0.3, 0.4) is 0 Å². The number of carbonyl (C=O) groups excluding carboxylic acids is 1. The van der Waals surface area contributed by atoms with E-state index < -0.39 is 0 Å². The van der Waals surface area contributed by atoms with Crippen LogP contribution in [0.4, 0.5) is 0 Å². The number of fused-ring (bicyclic) bond motifs is 1. The van der Waals surface area contributed by atoms with E-state index in [1.807, 2.05) is 24.0 Å². The fourth-order valence-corrected chi connectivity index (χ4v) is 2.07. The smallest absolute Gasteiger partial charge is 0.230 e. The molecule has 0 aromatic heterocycles. The molecule has 0 saturated carbocycles. The largest absolute Gasteiger partial charge is 0.306 e. The molecule has 0 aromatic rings. The number of β-lactam (4-membered cyclic amide) rings is 1. The average Bonchev–Trinajstić information content (AvgIpc) is 1.86. The van der Waals surface area contributed by atoms with Crippen LogP contribution in [-0.2, 0) is 4.79 Å². The van der Waals surface area contributed by atoms with Gasteiger partial charge in [0.2, 0.25) is 5.91 Å². The molecule has 2 rings (SSSR count). The SMILES string of the molecule is C.O=C1C[C@H]2SCC=CN12. The molecule has 1 atom stereocenters. The van der Waals surface area contributed by atoms with Gasteiger partial charge in [-0.05, 0) is 0 Å². The summed E-state index contributed by atoms with van der Waals surface area (Å²) in [5, 5.41) is 0.475. The van der Waals surface area contributed by atoms with Crippen molar-refractivity contribution < 1.29 is 4.79 Å². The molecule has 0 N–H and O–H groups in total. The predicted octanol–water partition coefficient (Wildman–Crippen LogP) is 1.44. The second-order valence-electron chi connectivity index (χ2n) is 2.18. The molecule has 1 saturated heterocycles. The maximum absolute atomic E-state index is 10.7. The Balaban J connectivity index is 0.000000500. The van der Waals surface area contributed by atoms with Crippen LogP contribution in [-0.4, -0.2) is 21.9 Å². The van der Waals surface area contributed by atoms with Crippen LogP contribution >= 0.6 is 11.8 Å². The zero-order valence-electron chi connectivity index (χ0n) is 4.91. The molecular formula is C7H11NOS. The van der Waals surface area contributed by atoms with E-state index in [1.165, 1.54) is 0 Å². The minimum atomic E-state index is 0. The molecule has 1 amide bonds. The highest BCUT2D eigenvalue weighted by Crippen LogP contribution is 2.32. The van der Waals surface area contributed by atoms with Crippen LogP contribution in [0.1, 0.15) is 13.8 Å². The molecule has 2 nitrogen and oxygen atoms in total. The number of thioether (sulfide) groups is 1. The summed E-state index contributed by atoms with van der Waals surface area (Å²) in [5.74, 6) is 1.33. The Hall–Kier alpha value is -0.440. The number of carbonyl (C=O) groups is 1. The second-order valence-corrected chi connectivity index (χ2v) is 3.39. The summed E-state index contributed by atoms with van der Waals surface area (Å²) in [6.45, 7) is 0. The molecular weight excluding hydrogens is 146 g/mol. The summed E-state index contributed by atoms with van der Waals surface area (Å²) in [4.78, 5) is 12.5. The first-order valence-corrected chi connectivity index (χ1v) is 4.02. The maximum atomic E-state index is 10.7. The van der Waals surface area contributed by atoms with E-state index >= 15 is 0 Å². The van der Waals surface area contributed by atoms with Gasteiger partial charge in [0.1, 0.15) is 0 Å². The highest BCUT2D eigenvalue weighted by atomic mass is 32.2. The van der Waals surface area contributed by atoms with Crippen molar-refractivity contribution in [1.82, 2.24) is 4.90 Å². The van der Waals surface area contributed by atoms with Crippen molar-refractivity contribution in [3.05, 3.63) is 12.3 Å². The first-order chi connectivity index (χ1) is 4.38. The quantitative estimate of drug-likeness (QED) is 0.496. The van der Waals surface area contributed by atoms with Gasteiger partial charge in [0.15, 0.2) is 0 Å². The van der Waals surface area contributed by atoms with Crippen LogP contribution in [0.25, 0.3) is 0 Å². The molecule has 0 radical (unpaired) electrons. The lowest BCUT2D eigenvalue weighted by Gasteiger charge is -2.39. The number of amides is 1. The van der Waals surface area contributed by atoms with Gasteiger partial charge < -0.3 is 4.90 Å². The molecule has 2 aliphatic heterocycles. The third kappa shape index (κ3) is 0.944. The Morgan fingerprint density at radius 1 is 1.70 bits per heavy atom. The van der Waals surface area contributed by atoms with Gasteiger partial charge in [0.25, 0.3) is 0 Å². The van der Waals surface area contributed by atoms with E-state index in [2.05, 4.69) is 0 Å². The van der Waals surface area contributed by atoms with Crippen molar-refractivity contribution in [1.29, 1.82) is 0 Å². The third-order valence-electron chi connectivity index (χ3n) is 1.60. The van der Waals surface area contributed by atoms with Gasteiger partial charge in [0, 0.05) is 12.0 Å². The number of hydrogen-bond acceptors (Lipinski definition) is 2. The Morgan fingerprint density at radius 3 is 3.00 bits per heavy atom. The summed E-state index contributed by atoms with van der Waals surface area (Å²) in [5.41, 5.74) is 0. The molecule has 2 aliphatic rings. The third-order valence-corrected chi connectivity index (χ3v) is 2.76. The molecule has 56 valence electrons. The monoisotopic (exact) mass is 157 g/mol. The molecule has 0 aliphatic carbocycles. The van der Waals surface area contributed by atoms with E-state index in [4.69, 9.17) is 0 Å². The van der Waals surface area contributed by atoms with Crippen LogP contribution in [0, 0.1) is 0 Å². The summed E-state index contributed by atoms with van der Waals surface area (Å²) in [7, 11) is 0. The van der Waals surface area contributed by atoms with Crippen molar-refractivity contribution >= 4 is 17.7 Å². The Kier molecular flexibility index (Phi) is 2.04. The van der Waals surface area contributed by atoms with Gasteiger partial charge in [-0.25, -0.2) is 0 Å². The average molecular weight is 157 g/mol. The fourth-order valence-electron chi connectivity index (χ4n) is 1.04. The van der Waals surface area contributed by atoms with Gasteiger partial charge in [-0.3, -0.25) is 4.79 Å². The fraction of sp³-hybridized carbons (Fsp3) is 0.571. The lowest BCUT2D eigenvalue weighted by molar-refractivity contribution is -0.137. The Bertz CT molecular complexity index is 178. The lowest BCUT2D eigenvalue weighted by atomic mass is 10.2. The standard InChI is InChI=1S/C6H7NOS.CH4/c8-5-4-6-7(5)2-1-3-9-6;/h1-2,6H,3-4H2;1H4/t6-;/m1./s1. The summed E-state index contributed by atoms with van der Waals surface area (Å²) < 4.78 is 0. The Morgan fingerprint density at radius 2 is 2.50 bits per heavy atom. The van der Waals surface area contributed by atoms with Gasteiger partial charge >= 0.3 is 0 Å². The minimum Gasteiger partial charge on any atom is -0.306 e. The highest BCUT2D eigenvalue weighted by molar-refractivity contribution is 8.00. The second kappa shape index (κ2) is 2.66. The molecule has 2 heterocycles. The first kappa shape index (κ1) is 7.66. The highest BCUT2D eigenvalue weighted by Gasteiger charge is 2.35. The maximum Gasteiger partial charge on any atom is 0.230 e. The molecule has 0 aromatic carbocycles. The lowest BCUT2D eigenvalue weighted by Crippen LogP contribution is -2.48. The normalized spacial score (nSPS) is 28.6. The molecule has 1 fully saturated rings. The van der Waals surface area contributed by atoms with Gasteiger partial charge in [-0.2, -0.15) is 0 Å². The molecule has 3 heteroatoms. The van der Waals surface area contributed by atoms with Crippen molar-refractivity contribution in [2.75, 3.05) is 5.75 Å². The van der Waals surface area contributed by atoms with E-state index in [1.54, 1.807) is 4.90 Å². The summed E-state index contributed by atoms with van der Waals surface area (Å²) in [6, 6.07) is 0. The number of rotatable bonds is 0. The topological polar surface area (TPSA) is 20.3 Å². The number of hydrogen-bond donors (Lipinski definition) is 0. The molecule has 0 bridgehead atoms. The van der Waals surface area contributed by atoms with Gasteiger partial charge in [-0.1, -0.05) is 13.5 Å². The zero-order chi connectivity index (χ0) is 6.27. The van der Waals surface area contributed by atoms with Crippen LogP contribution in [0.15, 0.2) is 12.3 Å². The van der Waals surface area contributed by atoms with E-state index in [0.717, 1.165) is 12.2 Å². The van der Waals surface area contributed by atoms with E-state index in [0.29, 0.717) is 5.37 Å². The summed E-state index contributed by atoms with van der Waals surface area (Å²) in [6.07, 6.45) is 4.67. The number of nitrogens with zero attached hydrogens (tertiary/aromatic N) is 1. The predicted molar refractivity (Wildman–Crippen MR) is 43.6 cm³/mol. The van der Waals surface area contributed by atoms with Crippen molar-refractivity contribution in [3.63, 3.8) is 0 Å². The summed E-state index contributed by atoms with van der Waals surface area (Å²) >= 11 is 1.84. The van der Waals surface area contributed by atoms with E-state index in [9.17, 15) is 4.79 Å². The zero-order valence-corrected chi connectivity index (χ0v) is 5.73. The molecule has 0 spiro atoms. The van der Waals surface area contributed by atoms with Gasteiger partial charge in [0.05, 0.1) is 11.8 Å².